The highest BCUT2D eigenvalue weighted by molar-refractivity contribution is 8.01. The summed E-state index contributed by atoms with van der Waals surface area (Å²) in [7, 11) is 0. The van der Waals surface area contributed by atoms with Gasteiger partial charge in [-0.3, -0.25) is 4.79 Å². The third-order valence-electron chi connectivity index (χ3n) is 9.06. The number of benzene rings is 4. The van der Waals surface area contributed by atoms with Crippen molar-refractivity contribution in [3.63, 3.8) is 0 Å². The molecule has 0 bridgehead atoms. The number of aromatic nitrogens is 1. The molecule has 1 aromatic heterocycles. The number of hydrogen-bond acceptors (Lipinski definition) is 6. The maximum absolute atomic E-state index is 13.9. The van der Waals surface area contributed by atoms with Crippen molar-refractivity contribution in [3.8, 4) is 11.5 Å². The van der Waals surface area contributed by atoms with Crippen LogP contribution in [0.4, 0.5) is 0 Å². The Morgan fingerprint density at radius 2 is 1.62 bits per heavy atom. The summed E-state index contributed by atoms with van der Waals surface area (Å²) in [5.74, 6) is 0.375. The van der Waals surface area contributed by atoms with Crippen molar-refractivity contribution < 1.29 is 14.6 Å². The molecule has 0 aliphatic carbocycles. The highest BCUT2D eigenvalue weighted by Gasteiger charge is 2.28. The van der Waals surface area contributed by atoms with Crippen LogP contribution in [0, 0.1) is 0 Å². The van der Waals surface area contributed by atoms with Gasteiger partial charge in [-0.05, 0) is 58.9 Å². The number of rotatable bonds is 12. The number of aromatic hydroxyl groups is 1. The highest BCUT2D eigenvalue weighted by Crippen LogP contribution is 2.42. The molecular formula is C38H44N2O3S2. The smallest absolute Gasteiger partial charge is 0.257 e. The minimum atomic E-state index is -0.565. The first kappa shape index (κ1) is 32.8. The maximum Gasteiger partial charge on any atom is 0.257 e. The molecule has 45 heavy (non-hydrogen) atoms. The van der Waals surface area contributed by atoms with Crippen molar-refractivity contribution in [2.24, 2.45) is 0 Å². The highest BCUT2D eigenvalue weighted by atomic mass is 32.2. The Hall–Kier alpha value is -3.55. The third-order valence-corrected chi connectivity index (χ3v) is 11.2. The molecule has 236 valence electrons. The molecule has 0 saturated carbocycles. The van der Waals surface area contributed by atoms with Gasteiger partial charge in [0.05, 0.1) is 15.8 Å². The van der Waals surface area contributed by atoms with Crippen LogP contribution in [-0.2, 0) is 10.8 Å². The molecule has 0 spiro atoms. The molecule has 0 aliphatic rings. The fourth-order valence-electron chi connectivity index (χ4n) is 5.35. The lowest BCUT2D eigenvalue weighted by Gasteiger charge is -2.32. The average molecular weight is 641 g/mol. The van der Waals surface area contributed by atoms with Crippen LogP contribution in [0.5, 0.6) is 11.5 Å². The standard InChI is InChI=1S/C38H44N2O3S2/c1-8-15-33(43-30-21-20-24(37(4,5)9-2)22-28(30)38(6,7)10-3)40-35(42)27-23-32(25-16-11-12-17-26(25)34(27)41)45-36-39-29-18-13-14-19-31(29)44-36/h11-14,16-23,33,41H,8-10,15H2,1-7H3,(H,40,42). The summed E-state index contributed by atoms with van der Waals surface area (Å²) in [4.78, 5) is 19.6. The average Bonchev–Trinajstić information content (AvgIpc) is 3.45. The van der Waals surface area contributed by atoms with E-state index in [-0.39, 0.29) is 28.1 Å². The number of carbonyl (C=O) groups excluding carboxylic acids is 1. The zero-order chi connectivity index (χ0) is 32.4. The zero-order valence-electron chi connectivity index (χ0n) is 27.4. The Labute approximate surface area is 275 Å². The van der Waals surface area contributed by atoms with Gasteiger partial charge in [0.15, 0.2) is 10.6 Å². The molecule has 2 N–H and O–H groups in total. The number of fused-ring (bicyclic) bond motifs is 2. The van der Waals surface area contributed by atoms with E-state index in [0.717, 1.165) is 55.4 Å². The van der Waals surface area contributed by atoms with Gasteiger partial charge in [0.1, 0.15) is 11.5 Å². The number of amides is 1. The predicted octanol–water partition coefficient (Wildman–Crippen LogP) is 10.6. The summed E-state index contributed by atoms with van der Waals surface area (Å²) >= 11 is 3.13. The van der Waals surface area contributed by atoms with Crippen molar-refractivity contribution in [3.05, 3.63) is 89.5 Å². The molecule has 0 radical (unpaired) electrons. The lowest BCUT2D eigenvalue weighted by atomic mass is 9.76. The van der Waals surface area contributed by atoms with Gasteiger partial charge in [-0.15, -0.1) is 11.3 Å². The van der Waals surface area contributed by atoms with Gasteiger partial charge in [-0.2, -0.15) is 0 Å². The Morgan fingerprint density at radius 3 is 2.31 bits per heavy atom. The molecule has 1 amide bonds. The molecule has 0 saturated heterocycles. The van der Waals surface area contributed by atoms with E-state index in [1.165, 1.54) is 17.3 Å². The van der Waals surface area contributed by atoms with Crippen LogP contribution in [0.2, 0.25) is 0 Å². The molecule has 0 aliphatic heterocycles. The van der Waals surface area contributed by atoms with Crippen LogP contribution in [0.3, 0.4) is 0 Å². The molecule has 5 aromatic rings. The summed E-state index contributed by atoms with van der Waals surface area (Å²) in [6.45, 7) is 15.5. The van der Waals surface area contributed by atoms with E-state index in [1.807, 2.05) is 42.5 Å². The molecule has 1 atom stereocenters. The van der Waals surface area contributed by atoms with Gasteiger partial charge in [0, 0.05) is 22.3 Å². The number of thiazole rings is 1. The first-order valence-corrected chi connectivity index (χ1v) is 17.5. The fourth-order valence-corrected chi connectivity index (χ4v) is 7.55. The Morgan fingerprint density at radius 1 is 0.933 bits per heavy atom. The van der Waals surface area contributed by atoms with E-state index in [4.69, 9.17) is 9.72 Å². The van der Waals surface area contributed by atoms with E-state index in [2.05, 4.69) is 78.0 Å². The first-order chi connectivity index (χ1) is 21.5. The quantitative estimate of drug-likeness (QED) is 0.133. The number of carbonyl (C=O) groups is 1. The number of hydrogen-bond donors (Lipinski definition) is 2. The number of nitrogens with zero attached hydrogens (tertiary/aromatic N) is 1. The van der Waals surface area contributed by atoms with Gasteiger partial charge in [0.25, 0.3) is 5.91 Å². The van der Waals surface area contributed by atoms with E-state index < -0.39 is 6.23 Å². The van der Waals surface area contributed by atoms with Crippen LogP contribution >= 0.6 is 23.1 Å². The van der Waals surface area contributed by atoms with E-state index >= 15 is 0 Å². The first-order valence-electron chi connectivity index (χ1n) is 15.9. The maximum atomic E-state index is 13.9. The molecule has 0 fully saturated rings. The molecular weight excluding hydrogens is 597 g/mol. The van der Waals surface area contributed by atoms with Gasteiger partial charge in [-0.1, -0.05) is 115 Å². The van der Waals surface area contributed by atoms with Gasteiger partial charge < -0.3 is 15.2 Å². The summed E-state index contributed by atoms with van der Waals surface area (Å²) < 4.78 is 8.62. The lowest BCUT2D eigenvalue weighted by molar-refractivity contribution is 0.0807. The lowest BCUT2D eigenvalue weighted by Crippen LogP contribution is -2.39. The van der Waals surface area contributed by atoms with Crippen LogP contribution < -0.4 is 10.1 Å². The third kappa shape index (κ3) is 7.00. The summed E-state index contributed by atoms with van der Waals surface area (Å²) in [5, 5.41) is 16.0. The van der Waals surface area contributed by atoms with Crippen molar-refractivity contribution in [2.75, 3.05) is 0 Å². The molecule has 7 heteroatoms. The second kappa shape index (κ2) is 13.4. The van der Waals surface area contributed by atoms with Gasteiger partial charge in [0.2, 0.25) is 0 Å². The van der Waals surface area contributed by atoms with E-state index in [1.54, 1.807) is 17.4 Å². The van der Waals surface area contributed by atoms with Crippen molar-refractivity contribution >= 4 is 50.0 Å². The summed E-state index contributed by atoms with van der Waals surface area (Å²) in [6.07, 6.45) is 2.86. The number of phenolic OH excluding ortho intramolecular Hbond substituents is 1. The van der Waals surface area contributed by atoms with Crippen LogP contribution in [0.15, 0.2) is 82.0 Å². The minimum absolute atomic E-state index is 0.0362. The molecule has 4 aromatic carbocycles. The summed E-state index contributed by atoms with van der Waals surface area (Å²) in [5.41, 5.74) is 3.52. The number of para-hydroxylation sites is 1. The van der Waals surface area contributed by atoms with Crippen molar-refractivity contribution in [1.82, 2.24) is 10.3 Å². The SMILES string of the molecule is CCCC(NC(=O)c1cc(Sc2nc3ccccc3s2)c2ccccc2c1O)Oc1ccc(C(C)(C)CC)cc1C(C)(C)CC. The number of ether oxygens (including phenoxy) is 1. The van der Waals surface area contributed by atoms with Gasteiger partial charge in [-0.25, -0.2) is 4.98 Å². The largest absolute Gasteiger partial charge is 0.506 e. The second-order valence-corrected chi connectivity index (χ2v) is 15.2. The van der Waals surface area contributed by atoms with Crippen molar-refractivity contribution in [2.45, 2.75) is 100 Å². The number of phenols is 1. The fraction of sp³-hybridized carbons (Fsp3) is 0.368. The number of nitrogens with one attached hydrogen (secondary N) is 1. The minimum Gasteiger partial charge on any atom is -0.506 e. The normalized spacial score (nSPS) is 12.9. The Kier molecular flexibility index (Phi) is 9.80. The van der Waals surface area contributed by atoms with E-state index in [0.29, 0.717) is 11.8 Å². The summed E-state index contributed by atoms with van der Waals surface area (Å²) in [6, 6.07) is 24.0. The molecule has 5 nitrogen and oxygen atoms in total. The van der Waals surface area contributed by atoms with Crippen LogP contribution in [-0.4, -0.2) is 22.2 Å². The van der Waals surface area contributed by atoms with E-state index in [9.17, 15) is 9.90 Å². The topological polar surface area (TPSA) is 71.5 Å². The monoisotopic (exact) mass is 640 g/mol. The van der Waals surface area contributed by atoms with Crippen LogP contribution in [0.25, 0.3) is 21.0 Å². The molecule has 1 heterocycles. The van der Waals surface area contributed by atoms with Gasteiger partial charge >= 0.3 is 0 Å². The zero-order valence-corrected chi connectivity index (χ0v) is 29.0. The Bertz CT molecular complexity index is 1790. The van der Waals surface area contributed by atoms with Crippen molar-refractivity contribution in [1.29, 1.82) is 0 Å². The molecule has 1 unspecified atom stereocenters. The Balaban J connectivity index is 1.48. The predicted molar refractivity (Wildman–Crippen MR) is 189 cm³/mol. The van der Waals surface area contributed by atoms with Crippen LogP contribution in [0.1, 0.15) is 95.6 Å². The molecule has 5 rings (SSSR count). The second-order valence-electron chi connectivity index (χ2n) is 12.9.